The molecular formula is C20H20N4O4. The summed E-state index contributed by atoms with van der Waals surface area (Å²) in [5.41, 5.74) is 2.05. The Morgan fingerprint density at radius 2 is 1.96 bits per heavy atom. The molecule has 0 aliphatic rings. The number of aromatic nitrogens is 2. The Labute approximate surface area is 161 Å². The monoisotopic (exact) mass is 380 g/mol. The molecule has 1 amide bonds. The van der Waals surface area contributed by atoms with Gasteiger partial charge in [-0.15, -0.1) is 0 Å². The Bertz CT molecular complexity index is 953. The number of carbonyl (C=O) groups is 1. The van der Waals surface area contributed by atoms with E-state index in [1.807, 2.05) is 35.0 Å². The lowest BCUT2D eigenvalue weighted by atomic mass is 10.1. The number of amides is 1. The van der Waals surface area contributed by atoms with Crippen LogP contribution in [-0.4, -0.2) is 27.0 Å². The minimum absolute atomic E-state index is 0.150. The Balaban J connectivity index is 1.62. The van der Waals surface area contributed by atoms with Gasteiger partial charge in [0.05, 0.1) is 17.9 Å². The van der Waals surface area contributed by atoms with Crippen LogP contribution in [0.5, 0.6) is 5.75 Å². The summed E-state index contributed by atoms with van der Waals surface area (Å²) in [6.07, 6.45) is 5.38. The molecule has 3 aromatic rings. The van der Waals surface area contributed by atoms with E-state index in [-0.39, 0.29) is 22.9 Å². The molecule has 0 aliphatic carbocycles. The van der Waals surface area contributed by atoms with Gasteiger partial charge in [0.2, 0.25) is 0 Å². The highest BCUT2D eigenvalue weighted by Gasteiger charge is 2.18. The molecule has 8 nitrogen and oxygen atoms in total. The Morgan fingerprint density at radius 1 is 1.21 bits per heavy atom. The summed E-state index contributed by atoms with van der Waals surface area (Å²) < 4.78 is 7.20. The van der Waals surface area contributed by atoms with E-state index >= 15 is 0 Å². The van der Waals surface area contributed by atoms with E-state index in [1.54, 1.807) is 19.4 Å². The van der Waals surface area contributed by atoms with Crippen LogP contribution in [0, 0.1) is 10.1 Å². The number of nitrogens with one attached hydrogen (secondary N) is 1. The molecule has 1 N–H and O–H groups in total. The zero-order valence-electron chi connectivity index (χ0n) is 15.4. The zero-order chi connectivity index (χ0) is 19.9. The molecule has 1 heterocycles. The van der Waals surface area contributed by atoms with E-state index < -0.39 is 4.92 Å². The summed E-state index contributed by atoms with van der Waals surface area (Å²) in [5.74, 6) is -0.230. The lowest BCUT2D eigenvalue weighted by molar-refractivity contribution is -0.385. The van der Waals surface area contributed by atoms with Gasteiger partial charge in [-0.05, 0) is 30.2 Å². The molecule has 0 saturated heterocycles. The molecule has 0 unspecified atom stereocenters. The van der Waals surface area contributed by atoms with Gasteiger partial charge in [-0.3, -0.25) is 14.9 Å². The van der Waals surface area contributed by atoms with Crippen molar-refractivity contribution in [3.8, 4) is 5.75 Å². The van der Waals surface area contributed by atoms with Crippen LogP contribution in [0.2, 0.25) is 0 Å². The van der Waals surface area contributed by atoms with Crippen molar-refractivity contribution in [2.45, 2.75) is 20.0 Å². The fourth-order valence-electron chi connectivity index (χ4n) is 2.72. The normalized spacial score (nSPS) is 10.5. The van der Waals surface area contributed by atoms with E-state index in [0.29, 0.717) is 13.2 Å². The summed E-state index contributed by atoms with van der Waals surface area (Å²) in [6, 6.07) is 12.0. The molecule has 28 heavy (non-hydrogen) atoms. The minimum Gasteiger partial charge on any atom is -0.487 e. The molecule has 0 spiro atoms. The number of nitro benzene ring substituents is 1. The number of rotatable bonds is 8. The molecule has 0 fully saturated rings. The van der Waals surface area contributed by atoms with E-state index in [2.05, 4.69) is 10.3 Å². The first-order chi connectivity index (χ1) is 13.6. The second kappa shape index (κ2) is 8.81. The third kappa shape index (κ3) is 4.73. The maximum Gasteiger partial charge on any atom is 0.311 e. The molecule has 0 radical (unpaired) electrons. The SMILES string of the molecule is CCOc1ccc(C(=O)NCc2ccc(Cn3ccnc3)cc2)cc1[N+](=O)[O-]. The maximum absolute atomic E-state index is 12.4. The van der Waals surface area contributed by atoms with Crippen molar-refractivity contribution in [2.75, 3.05) is 6.61 Å². The van der Waals surface area contributed by atoms with Crippen LogP contribution in [0.4, 0.5) is 5.69 Å². The molecule has 2 aromatic carbocycles. The minimum atomic E-state index is -0.555. The quantitative estimate of drug-likeness (QED) is 0.478. The highest BCUT2D eigenvalue weighted by molar-refractivity contribution is 5.95. The van der Waals surface area contributed by atoms with E-state index in [4.69, 9.17) is 4.74 Å². The number of nitro groups is 1. The molecule has 1 aromatic heterocycles. The number of hydrogen-bond acceptors (Lipinski definition) is 5. The molecule has 0 aliphatic heterocycles. The van der Waals surface area contributed by atoms with Crippen molar-refractivity contribution in [2.24, 2.45) is 0 Å². The highest BCUT2D eigenvalue weighted by atomic mass is 16.6. The summed E-state index contributed by atoms with van der Waals surface area (Å²) >= 11 is 0. The molecule has 3 rings (SSSR count). The first-order valence-corrected chi connectivity index (χ1v) is 8.80. The van der Waals surface area contributed by atoms with Gasteiger partial charge < -0.3 is 14.6 Å². The van der Waals surface area contributed by atoms with Crippen molar-refractivity contribution in [3.05, 3.63) is 88.0 Å². The van der Waals surface area contributed by atoms with Gasteiger partial charge in [-0.2, -0.15) is 0 Å². The summed E-state index contributed by atoms with van der Waals surface area (Å²) in [4.78, 5) is 27.0. The van der Waals surface area contributed by atoms with E-state index in [1.165, 1.54) is 18.2 Å². The van der Waals surface area contributed by atoms with E-state index in [9.17, 15) is 14.9 Å². The number of benzene rings is 2. The van der Waals surface area contributed by atoms with Crippen molar-refractivity contribution >= 4 is 11.6 Å². The maximum atomic E-state index is 12.4. The molecule has 8 heteroatoms. The van der Waals surface area contributed by atoms with Gasteiger partial charge in [0.1, 0.15) is 0 Å². The average molecular weight is 380 g/mol. The van der Waals surface area contributed by atoms with Crippen LogP contribution in [0.25, 0.3) is 0 Å². The Hall–Kier alpha value is -3.68. The number of nitrogens with zero attached hydrogens (tertiary/aromatic N) is 3. The predicted molar refractivity (Wildman–Crippen MR) is 103 cm³/mol. The predicted octanol–water partition coefficient (Wildman–Crippen LogP) is 3.17. The van der Waals surface area contributed by atoms with Crippen molar-refractivity contribution in [3.63, 3.8) is 0 Å². The van der Waals surface area contributed by atoms with Crippen LogP contribution < -0.4 is 10.1 Å². The Kier molecular flexibility index (Phi) is 6.01. The number of carbonyl (C=O) groups excluding carboxylic acids is 1. The second-order valence-corrected chi connectivity index (χ2v) is 6.11. The highest BCUT2D eigenvalue weighted by Crippen LogP contribution is 2.28. The molecule has 0 atom stereocenters. The van der Waals surface area contributed by atoms with Crippen molar-refractivity contribution < 1.29 is 14.5 Å². The molecule has 144 valence electrons. The number of ether oxygens (including phenoxy) is 1. The van der Waals surface area contributed by atoms with Crippen LogP contribution in [0.3, 0.4) is 0 Å². The summed E-state index contributed by atoms with van der Waals surface area (Å²) in [7, 11) is 0. The van der Waals surface area contributed by atoms with Gasteiger partial charge in [0, 0.05) is 37.1 Å². The van der Waals surface area contributed by atoms with Gasteiger partial charge in [-0.1, -0.05) is 24.3 Å². The fourth-order valence-corrected chi connectivity index (χ4v) is 2.72. The van der Waals surface area contributed by atoms with Crippen LogP contribution in [0.1, 0.15) is 28.4 Å². The lowest BCUT2D eigenvalue weighted by Gasteiger charge is -2.09. The second-order valence-electron chi connectivity index (χ2n) is 6.11. The van der Waals surface area contributed by atoms with Gasteiger partial charge in [0.15, 0.2) is 5.75 Å². The third-order valence-electron chi connectivity index (χ3n) is 4.12. The van der Waals surface area contributed by atoms with Crippen LogP contribution in [-0.2, 0) is 13.1 Å². The third-order valence-corrected chi connectivity index (χ3v) is 4.12. The smallest absolute Gasteiger partial charge is 0.311 e. The van der Waals surface area contributed by atoms with E-state index in [0.717, 1.165) is 17.7 Å². The topological polar surface area (TPSA) is 99.3 Å². The largest absolute Gasteiger partial charge is 0.487 e. The molecular weight excluding hydrogens is 360 g/mol. The summed E-state index contributed by atoms with van der Waals surface area (Å²) in [5, 5.41) is 14.0. The van der Waals surface area contributed by atoms with Gasteiger partial charge >= 0.3 is 5.69 Å². The molecule has 0 bridgehead atoms. The lowest BCUT2D eigenvalue weighted by Crippen LogP contribution is -2.22. The van der Waals surface area contributed by atoms with Gasteiger partial charge in [-0.25, -0.2) is 4.98 Å². The molecule has 0 saturated carbocycles. The van der Waals surface area contributed by atoms with Crippen LogP contribution >= 0.6 is 0 Å². The van der Waals surface area contributed by atoms with Crippen molar-refractivity contribution in [1.29, 1.82) is 0 Å². The zero-order valence-corrected chi connectivity index (χ0v) is 15.4. The van der Waals surface area contributed by atoms with Crippen LogP contribution in [0.15, 0.2) is 61.2 Å². The number of imidazole rings is 1. The number of hydrogen-bond donors (Lipinski definition) is 1. The standard InChI is InChI=1S/C20H20N4O4/c1-2-28-19-8-7-17(11-18(19)24(26)27)20(25)22-12-15-3-5-16(6-4-15)13-23-10-9-21-14-23/h3-11,14H,2,12-13H2,1H3,(H,22,25). The average Bonchev–Trinajstić information content (AvgIpc) is 3.20. The first-order valence-electron chi connectivity index (χ1n) is 8.80. The Morgan fingerprint density at radius 3 is 2.61 bits per heavy atom. The fraction of sp³-hybridized carbons (Fsp3) is 0.200. The van der Waals surface area contributed by atoms with Gasteiger partial charge in [0.25, 0.3) is 5.91 Å². The first kappa shape index (κ1) is 19.1. The van der Waals surface area contributed by atoms with Crippen molar-refractivity contribution in [1.82, 2.24) is 14.9 Å². The summed E-state index contributed by atoms with van der Waals surface area (Å²) in [6.45, 7) is 3.10.